The zero-order valence-electron chi connectivity index (χ0n) is 6.47. The minimum atomic E-state index is -0.948. The van der Waals surface area contributed by atoms with Crippen LogP contribution in [0.5, 0.6) is 0 Å². The third-order valence-corrected chi connectivity index (χ3v) is 1.94. The third kappa shape index (κ3) is 1.90. The smallest absolute Gasteiger partial charge is 0.109 e. The van der Waals surface area contributed by atoms with Crippen molar-refractivity contribution in [3.05, 3.63) is 0 Å². The number of ether oxygens (including phenoxy) is 1. The minimum absolute atomic E-state index is 0.0921. The van der Waals surface area contributed by atoms with Crippen molar-refractivity contribution in [3.63, 3.8) is 0 Å². The summed E-state index contributed by atoms with van der Waals surface area (Å²) in [5.41, 5.74) is 0. The van der Waals surface area contributed by atoms with Gasteiger partial charge in [0.15, 0.2) is 0 Å². The van der Waals surface area contributed by atoms with Gasteiger partial charge in [0.1, 0.15) is 12.2 Å². The predicted molar refractivity (Wildman–Crippen MR) is 38.1 cm³/mol. The standard InChI is InChI=1S/C7H14O4/c1-4-2-5(9)7(10)6(3-8)11-4/h4-10H,2-3H2,1H3/t4-,5-,6-,7-/m1/s1. The summed E-state index contributed by atoms with van der Waals surface area (Å²) in [5.74, 6) is 0. The van der Waals surface area contributed by atoms with Crippen LogP contribution in [0.1, 0.15) is 13.3 Å². The maximum Gasteiger partial charge on any atom is 0.109 e. The van der Waals surface area contributed by atoms with E-state index in [9.17, 15) is 10.2 Å². The van der Waals surface area contributed by atoms with E-state index in [-0.39, 0.29) is 12.7 Å². The first-order valence-electron chi connectivity index (χ1n) is 3.77. The average Bonchev–Trinajstić information content (AvgIpc) is 1.96. The molecule has 1 rings (SSSR count). The molecule has 66 valence electrons. The molecule has 3 N–H and O–H groups in total. The number of hydrogen-bond donors (Lipinski definition) is 3. The first-order chi connectivity index (χ1) is 5.15. The molecule has 0 unspecified atom stereocenters. The Morgan fingerprint density at radius 3 is 2.64 bits per heavy atom. The van der Waals surface area contributed by atoms with Crippen molar-refractivity contribution in [1.82, 2.24) is 0 Å². The van der Waals surface area contributed by atoms with Crippen molar-refractivity contribution >= 4 is 0 Å². The molecule has 4 atom stereocenters. The van der Waals surface area contributed by atoms with Crippen LogP contribution < -0.4 is 0 Å². The van der Waals surface area contributed by atoms with Gasteiger partial charge < -0.3 is 20.1 Å². The largest absolute Gasteiger partial charge is 0.394 e. The molecular formula is C7H14O4. The lowest BCUT2D eigenvalue weighted by Crippen LogP contribution is -2.49. The Bertz CT molecular complexity index is 128. The summed E-state index contributed by atoms with van der Waals surface area (Å²) < 4.78 is 5.16. The van der Waals surface area contributed by atoms with Gasteiger partial charge in [0, 0.05) is 6.42 Å². The molecule has 1 saturated heterocycles. The fraction of sp³-hybridized carbons (Fsp3) is 1.00. The first kappa shape index (κ1) is 8.93. The molecule has 4 nitrogen and oxygen atoms in total. The fourth-order valence-electron chi connectivity index (χ4n) is 1.31. The molecule has 0 spiro atoms. The van der Waals surface area contributed by atoms with Crippen LogP contribution in [0.3, 0.4) is 0 Å². The molecule has 0 aromatic rings. The van der Waals surface area contributed by atoms with Gasteiger partial charge in [-0.25, -0.2) is 0 Å². The van der Waals surface area contributed by atoms with E-state index in [0.29, 0.717) is 6.42 Å². The van der Waals surface area contributed by atoms with Crippen molar-refractivity contribution in [1.29, 1.82) is 0 Å². The fourth-order valence-corrected chi connectivity index (χ4v) is 1.31. The molecule has 0 aromatic carbocycles. The molecule has 0 bridgehead atoms. The van der Waals surface area contributed by atoms with Gasteiger partial charge in [0.25, 0.3) is 0 Å². The summed E-state index contributed by atoms with van der Waals surface area (Å²) in [5, 5.41) is 27.1. The zero-order valence-corrected chi connectivity index (χ0v) is 6.47. The molecule has 1 aliphatic rings. The van der Waals surface area contributed by atoms with Crippen molar-refractivity contribution in [3.8, 4) is 0 Å². The Morgan fingerprint density at radius 1 is 1.45 bits per heavy atom. The highest BCUT2D eigenvalue weighted by Gasteiger charge is 2.34. The third-order valence-electron chi connectivity index (χ3n) is 1.94. The molecule has 4 heteroatoms. The van der Waals surface area contributed by atoms with E-state index in [2.05, 4.69) is 0 Å². The monoisotopic (exact) mass is 162 g/mol. The van der Waals surface area contributed by atoms with Gasteiger partial charge in [-0.15, -0.1) is 0 Å². The van der Waals surface area contributed by atoms with Crippen LogP contribution >= 0.6 is 0 Å². The molecule has 1 aliphatic heterocycles. The molecule has 11 heavy (non-hydrogen) atoms. The lowest BCUT2D eigenvalue weighted by molar-refractivity contribution is -0.174. The summed E-state index contributed by atoms with van der Waals surface area (Å²) in [7, 11) is 0. The second-order valence-corrected chi connectivity index (χ2v) is 2.96. The quantitative estimate of drug-likeness (QED) is 0.456. The lowest BCUT2D eigenvalue weighted by atomic mass is 9.99. The average molecular weight is 162 g/mol. The molecular weight excluding hydrogens is 148 g/mol. The molecule has 1 fully saturated rings. The maximum absolute atomic E-state index is 9.22. The zero-order chi connectivity index (χ0) is 8.43. The molecule has 0 amide bonds. The minimum Gasteiger partial charge on any atom is -0.394 e. The second-order valence-electron chi connectivity index (χ2n) is 2.96. The molecule has 0 aromatic heterocycles. The van der Waals surface area contributed by atoms with E-state index >= 15 is 0 Å². The molecule has 0 aliphatic carbocycles. The summed E-state index contributed by atoms with van der Waals surface area (Å²) in [6.07, 6.45) is -2.01. The van der Waals surface area contributed by atoms with Crippen molar-refractivity contribution in [2.24, 2.45) is 0 Å². The normalized spacial score (nSPS) is 45.8. The van der Waals surface area contributed by atoms with Gasteiger partial charge in [-0.1, -0.05) is 0 Å². The van der Waals surface area contributed by atoms with E-state index in [1.54, 1.807) is 6.92 Å². The Labute approximate surface area is 65.4 Å². The number of aliphatic hydroxyl groups excluding tert-OH is 3. The Morgan fingerprint density at radius 2 is 2.09 bits per heavy atom. The Hall–Kier alpha value is -0.160. The van der Waals surface area contributed by atoms with Crippen molar-refractivity contribution in [2.75, 3.05) is 6.61 Å². The summed E-state index contributed by atoms with van der Waals surface area (Å²) in [4.78, 5) is 0. The van der Waals surface area contributed by atoms with E-state index in [1.165, 1.54) is 0 Å². The van der Waals surface area contributed by atoms with E-state index < -0.39 is 18.3 Å². The highest BCUT2D eigenvalue weighted by molar-refractivity contribution is 4.83. The first-order valence-corrected chi connectivity index (χ1v) is 3.77. The van der Waals surface area contributed by atoms with Gasteiger partial charge in [0.2, 0.25) is 0 Å². The van der Waals surface area contributed by atoms with Crippen LogP contribution in [0.2, 0.25) is 0 Å². The maximum atomic E-state index is 9.22. The highest BCUT2D eigenvalue weighted by atomic mass is 16.5. The van der Waals surface area contributed by atoms with Gasteiger partial charge in [-0.2, -0.15) is 0 Å². The summed E-state index contributed by atoms with van der Waals surface area (Å²) in [6, 6.07) is 0. The van der Waals surface area contributed by atoms with Gasteiger partial charge in [-0.3, -0.25) is 0 Å². The van der Waals surface area contributed by atoms with Crippen LogP contribution in [0.4, 0.5) is 0 Å². The predicted octanol–water partition coefficient (Wildman–Crippen LogP) is -1.12. The SMILES string of the molecule is C[C@@H]1C[C@@H](O)[C@@H](O)[C@@H](CO)O1. The second kappa shape index (κ2) is 3.49. The van der Waals surface area contributed by atoms with Crippen LogP contribution in [0.25, 0.3) is 0 Å². The summed E-state index contributed by atoms with van der Waals surface area (Å²) >= 11 is 0. The number of hydrogen-bond acceptors (Lipinski definition) is 4. The topological polar surface area (TPSA) is 69.9 Å². The van der Waals surface area contributed by atoms with Gasteiger partial charge in [0.05, 0.1) is 18.8 Å². The van der Waals surface area contributed by atoms with E-state index in [1.807, 2.05) is 0 Å². The van der Waals surface area contributed by atoms with Crippen LogP contribution in [-0.4, -0.2) is 46.3 Å². The van der Waals surface area contributed by atoms with Crippen LogP contribution in [0, 0.1) is 0 Å². The molecule has 1 heterocycles. The summed E-state index contributed by atoms with van der Waals surface area (Å²) in [6.45, 7) is 1.56. The highest BCUT2D eigenvalue weighted by Crippen LogP contribution is 2.19. The van der Waals surface area contributed by atoms with E-state index in [4.69, 9.17) is 9.84 Å². The van der Waals surface area contributed by atoms with Crippen LogP contribution in [0.15, 0.2) is 0 Å². The Balaban J connectivity index is 2.51. The van der Waals surface area contributed by atoms with Crippen molar-refractivity contribution < 1.29 is 20.1 Å². The Kier molecular flexibility index (Phi) is 2.84. The van der Waals surface area contributed by atoms with E-state index in [0.717, 1.165) is 0 Å². The molecule has 0 radical (unpaired) electrons. The van der Waals surface area contributed by atoms with Gasteiger partial charge in [-0.05, 0) is 6.92 Å². The van der Waals surface area contributed by atoms with Crippen LogP contribution in [-0.2, 0) is 4.74 Å². The number of aliphatic hydroxyl groups is 3. The van der Waals surface area contributed by atoms with Gasteiger partial charge >= 0.3 is 0 Å². The number of rotatable bonds is 1. The molecule has 0 saturated carbocycles. The van der Waals surface area contributed by atoms with Crippen molar-refractivity contribution in [2.45, 2.75) is 37.8 Å². The lowest BCUT2D eigenvalue weighted by Gasteiger charge is -2.34.